The maximum absolute atomic E-state index is 14.6. The third-order valence-corrected chi connectivity index (χ3v) is 6.82. The molecule has 12 nitrogen and oxygen atoms in total. The maximum Gasteiger partial charge on any atom is 0.328 e. The summed E-state index contributed by atoms with van der Waals surface area (Å²) in [5.74, 6) is -14.1. The number of cyclic esters (lactones) is 1. The first kappa shape index (κ1) is 33.2. The molecule has 234 valence electrons. The highest BCUT2D eigenvalue weighted by Gasteiger charge is 2.40. The number of aromatic hydroxyl groups is 1. The Morgan fingerprint density at radius 2 is 1.74 bits per heavy atom. The van der Waals surface area contributed by atoms with Crippen LogP contribution in [0, 0.1) is 35.4 Å². The second kappa shape index (κ2) is 13.8. The second-order valence-electron chi connectivity index (χ2n) is 10.6. The molecule has 0 spiro atoms. The molecule has 1 aliphatic rings. The third kappa shape index (κ3) is 7.74. The van der Waals surface area contributed by atoms with E-state index in [1.54, 1.807) is 13.8 Å². The number of carbonyl (C=O) groups excluding carboxylic acids is 4. The van der Waals surface area contributed by atoms with E-state index in [2.05, 4.69) is 25.9 Å². The number of amides is 3. The Balaban J connectivity index is 2.07. The molecule has 0 aliphatic carbocycles. The van der Waals surface area contributed by atoms with Gasteiger partial charge in [-0.1, -0.05) is 20.8 Å². The van der Waals surface area contributed by atoms with Gasteiger partial charge in [-0.15, -0.1) is 0 Å². The summed E-state index contributed by atoms with van der Waals surface area (Å²) in [4.78, 5) is 59.0. The average Bonchev–Trinajstić information content (AvgIpc) is 2.94. The molecule has 0 saturated carbocycles. The molecule has 3 amide bonds. The number of esters is 1. The Morgan fingerprint density at radius 1 is 1.07 bits per heavy atom. The summed E-state index contributed by atoms with van der Waals surface area (Å²) in [6.45, 7) is 5.93. The van der Waals surface area contributed by atoms with Crippen LogP contribution in [0.25, 0.3) is 0 Å². The van der Waals surface area contributed by atoms with Gasteiger partial charge in [0.15, 0.2) is 11.5 Å². The van der Waals surface area contributed by atoms with Gasteiger partial charge in [-0.2, -0.15) is 18.2 Å². The van der Waals surface area contributed by atoms with Crippen molar-refractivity contribution in [2.45, 2.75) is 70.9 Å². The van der Waals surface area contributed by atoms with Crippen LogP contribution in [0.2, 0.25) is 0 Å². The molecule has 6 atom stereocenters. The molecule has 6 unspecified atom stereocenters. The summed E-state index contributed by atoms with van der Waals surface area (Å²) in [6.07, 6.45) is -3.13. The van der Waals surface area contributed by atoms with Crippen LogP contribution < -0.4 is 16.0 Å². The highest BCUT2D eigenvalue weighted by molar-refractivity contribution is 5.98. The molecular weight excluding hydrogens is 582 g/mol. The Labute approximate surface area is 243 Å². The number of aliphatic hydroxyl groups excluding tert-OH is 1. The van der Waals surface area contributed by atoms with Crippen molar-refractivity contribution < 1.29 is 51.7 Å². The summed E-state index contributed by atoms with van der Waals surface area (Å²) in [7, 11) is 0. The van der Waals surface area contributed by atoms with Gasteiger partial charge in [0, 0.05) is 18.2 Å². The smallest absolute Gasteiger partial charge is 0.328 e. The fourth-order valence-electron chi connectivity index (χ4n) is 4.44. The van der Waals surface area contributed by atoms with Crippen molar-refractivity contribution in [3.05, 3.63) is 53.1 Å². The molecule has 3 rings (SSSR count). The lowest BCUT2D eigenvalue weighted by atomic mass is 9.91. The fraction of sp³-hybridized carbons (Fsp3) is 0.481. The molecule has 0 radical (unpaired) electrons. The molecule has 1 saturated heterocycles. The second-order valence-corrected chi connectivity index (χ2v) is 10.6. The number of aromatic nitrogens is 2. The van der Waals surface area contributed by atoms with Gasteiger partial charge in [0.1, 0.15) is 23.9 Å². The van der Waals surface area contributed by atoms with Crippen LogP contribution in [-0.4, -0.2) is 74.2 Å². The average molecular weight is 614 g/mol. The molecular formula is C27H31F4N5O7. The van der Waals surface area contributed by atoms with Crippen molar-refractivity contribution in [3.8, 4) is 5.75 Å². The van der Waals surface area contributed by atoms with E-state index in [9.17, 15) is 47.0 Å². The zero-order valence-electron chi connectivity index (χ0n) is 23.5. The van der Waals surface area contributed by atoms with Gasteiger partial charge >= 0.3 is 5.97 Å². The van der Waals surface area contributed by atoms with Crippen LogP contribution >= 0.6 is 0 Å². The van der Waals surface area contributed by atoms with Crippen molar-refractivity contribution in [1.82, 2.24) is 25.9 Å². The number of nitrogens with one attached hydrogen (secondary N) is 3. The fourth-order valence-corrected chi connectivity index (χ4v) is 4.44. The van der Waals surface area contributed by atoms with E-state index in [-0.39, 0.29) is 12.3 Å². The van der Waals surface area contributed by atoms with Crippen LogP contribution in [0.3, 0.4) is 0 Å². The van der Waals surface area contributed by atoms with Crippen molar-refractivity contribution in [1.29, 1.82) is 0 Å². The molecule has 2 aromatic rings. The molecule has 0 aromatic carbocycles. The van der Waals surface area contributed by atoms with Gasteiger partial charge in [0.2, 0.25) is 23.6 Å². The lowest BCUT2D eigenvalue weighted by Crippen LogP contribution is -2.60. The summed E-state index contributed by atoms with van der Waals surface area (Å²) < 4.78 is 61.8. The molecule has 1 fully saturated rings. The van der Waals surface area contributed by atoms with Crippen LogP contribution in [0.1, 0.15) is 50.2 Å². The molecule has 43 heavy (non-hydrogen) atoms. The SMILES string of the molecule is CC(C)CC1NC(=O)C(C)C(O)C(Cc2c(F)nc(F)c(F)c2F)NC(=O)C(NC(=O)c2ncccc2O)C(C)OC1=O. The van der Waals surface area contributed by atoms with Gasteiger partial charge < -0.3 is 30.9 Å². The van der Waals surface area contributed by atoms with Crippen LogP contribution in [-0.2, 0) is 25.5 Å². The standard InChI is InChI=1S/C27H31F4N5O7/c1-10(2)8-15-27(42)43-12(4)19(35-26(41)20-16(37)6-5-7-32-20)25(40)33-14(21(38)11(3)24(39)34-15)9-13-17(28)18(29)23(31)36-22(13)30/h5-7,10-12,14-15,19,21,37-38H,8-9H2,1-4H3,(H,33,40)(H,34,39)(H,35,41). The van der Waals surface area contributed by atoms with Crippen molar-refractivity contribution in [2.75, 3.05) is 0 Å². The van der Waals surface area contributed by atoms with E-state index in [1.807, 2.05) is 0 Å². The van der Waals surface area contributed by atoms with E-state index in [0.717, 1.165) is 6.07 Å². The molecule has 16 heteroatoms. The van der Waals surface area contributed by atoms with Gasteiger partial charge in [0.05, 0.1) is 18.1 Å². The lowest BCUT2D eigenvalue weighted by molar-refractivity contribution is -0.156. The van der Waals surface area contributed by atoms with Crippen molar-refractivity contribution in [2.24, 2.45) is 11.8 Å². The number of hydrogen-bond acceptors (Lipinski definition) is 9. The van der Waals surface area contributed by atoms with Gasteiger partial charge in [0.25, 0.3) is 11.9 Å². The maximum atomic E-state index is 14.6. The number of halogens is 4. The highest BCUT2D eigenvalue weighted by atomic mass is 19.2. The van der Waals surface area contributed by atoms with Crippen LogP contribution in [0.4, 0.5) is 17.6 Å². The Kier molecular flexibility index (Phi) is 10.6. The summed E-state index contributed by atoms with van der Waals surface area (Å²) in [5.41, 5.74) is -1.63. The largest absolute Gasteiger partial charge is 0.505 e. The van der Waals surface area contributed by atoms with Gasteiger partial charge in [-0.05, 0) is 31.4 Å². The first-order valence-corrected chi connectivity index (χ1v) is 13.2. The molecule has 3 heterocycles. The topological polar surface area (TPSA) is 180 Å². The number of carbonyl (C=O) groups is 4. The minimum atomic E-state index is -2.10. The van der Waals surface area contributed by atoms with Gasteiger partial charge in [-0.25, -0.2) is 14.2 Å². The Bertz CT molecular complexity index is 1400. The van der Waals surface area contributed by atoms with Crippen molar-refractivity contribution in [3.63, 3.8) is 0 Å². The number of pyridine rings is 2. The first-order chi connectivity index (χ1) is 20.1. The van der Waals surface area contributed by atoms with E-state index in [1.165, 1.54) is 26.1 Å². The monoisotopic (exact) mass is 613 g/mol. The van der Waals surface area contributed by atoms with E-state index >= 15 is 0 Å². The molecule has 2 aromatic heterocycles. The molecule has 0 bridgehead atoms. The predicted octanol–water partition coefficient (Wildman–Crippen LogP) is 1.04. The minimum Gasteiger partial charge on any atom is -0.505 e. The van der Waals surface area contributed by atoms with E-state index in [4.69, 9.17) is 4.74 Å². The Hall–Kier alpha value is -4.34. The van der Waals surface area contributed by atoms with E-state index in [0.29, 0.717) is 0 Å². The predicted molar refractivity (Wildman–Crippen MR) is 139 cm³/mol. The Morgan fingerprint density at radius 3 is 2.37 bits per heavy atom. The zero-order valence-corrected chi connectivity index (χ0v) is 23.5. The van der Waals surface area contributed by atoms with Crippen LogP contribution in [0.5, 0.6) is 5.75 Å². The number of nitrogens with zero attached hydrogens (tertiary/aromatic N) is 2. The summed E-state index contributed by atoms with van der Waals surface area (Å²) in [6, 6.07) is -2.28. The highest BCUT2D eigenvalue weighted by Crippen LogP contribution is 2.22. The zero-order chi connectivity index (χ0) is 32.2. The summed E-state index contributed by atoms with van der Waals surface area (Å²) >= 11 is 0. The number of hydrogen-bond donors (Lipinski definition) is 5. The third-order valence-electron chi connectivity index (χ3n) is 6.82. The molecule has 5 N–H and O–H groups in total. The summed E-state index contributed by atoms with van der Waals surface area (Å²) in [5, 5.41) is 28.1. The first-order valence-electron chi connectivity index (χ1n) is 13.2. The quantitative estimate of drug-likeness (QED) is 0.181. The number of aliphatic hydroxyl groups is 1. The van der Waals surface area contributed by atoms with Crippen LogP contribution in [0.15, 0.2) is 18.3 Å². The van der Waals surface area contributed by atoms with Crippen molar-refractivity contribution >= 4 is 23.7 Å². The number of ether oxygens (including phenoxy) is 1. The number of rotatable bonds is 6. The van der Waals surface area contributed by atoms with Gasteiger partial charge in [-0.3, -0.25) is 14.4 Å². The normalized spacial score (nSPS) is 25.2. The minimum absolute atomic E-state index is 0.0749. The molecule has 1 aliphatic heterocycles. The van der Waals surface area contributed by atoms with E-state index < -0.39 is 107 Å². The lowest BCUT2D eigenvalue weighted by Gasteiger charge is -2.33.